The fourth-order valence-electron chi connectivity index (χ4n) is 1.47. The Balaban J connectivity index is 1.83. The Bertz CT molecular complexity index is 514. The number of hydrogen-bond acceptors (Lipinski definition) is 4. The highest BCUT2D eigenvalue weighted by atomic mass is 16.2. The van der Waals surface area contributed by atoms with E-state index in [9.17, 15) is 4.79 Å². The fourth-order valence-corrected chi connectivity index (χ4v) is 1.47. The average molecular weight is 234 g/mol. The van der Waals surface area contributed by atoms with E-state index in [4.69, 9.17) is 5.73 Å². The van der Waals surface area contributed by atoms with Crippen LogP contribution < -0.4 is 11.1 Å². The van der Waals surface area contributed by atoms with Gasteiger partial charge < -0.3 is 11.1 Å². The summed E-state index contributed by atoms with van der Waals surface area (Å²) < 4.78 is 3.21. The predicted molar refractivity (Wildman–Crippen MR) is 62.2 cm³/mol. The van der Waals surface area contributed by atoms with Crippen molar-refractivity contribution in [3.63, 3.8) is 0 Å². The zero-order valence-electron chi connectivity index (χ0n) is 9.50. The van der Waals surface area contributed by atoms with E-state index in [0.29, 0.717) is 24.5 Å². The molecule has 0 aromatic carbocycles. The molecule has 0 spiro atoms. The van der Waals surface area contributed by atoms with Crippen LogP contribution in [0.2, 0.25) is 0 Å². The molecule has 7 heteroatoms. The van der Waals surface area contributed by atoms with E-state index in [1.165, 1.54) is 4.68 Å². The molecule has 0 unspecified atom stereocenters. The van der Waals surface area contributed by atoms with Gasteiger partial charge in [-0.2, -0.15) is 10.2 Å². The standard InChI is InChI=1S/C10H14N6O/c1-15-9(2-3-13-15)10(17)12-4-5-16-7-8(11)6-14-16/h2-3,6-7H,4-5,11H2,1H3,(H,12,17). The third kappa shape index (κ3) is 2.63. The lowest BCUT2D eigenvalue weighted by Crippen LogP contribution is -2.29. The summed E-state index contributed by atoms with van der Waals surface area (Å²) in [5, 5.41) is 10.7. The maximum absolute atomic E-state index is 11.7. The first-order valence-corrected chi connectivity index (χ1v) is 5.21. The molecule has 0 saturated carbocycles. The third-order valence-corrected chi connectivity index (χ3v) is 2.33. The van der Waals surface area contributed by atoms with Crippen LogP contribution in [0, 0.1) is 0 Å². The first kappa shape index (κ1) is 11.2. The molecule has 0 aliphatic rings. The molecule has 0 fully saturated rings. The zero-order chi connectivity index (χ0) is 12.3. The van der Waals surface area contributed by atoms with Gasteiger partial charge in [0.2, 0.25) is 0 Å². The lowest BCUT2D eigenvalue weighted by atomic mass is 10.4. The Morgan fingerprint density at radius 3 is 2.94 bits per heavy atom. The number of nitrogen functional groups attached to an aromatic ring is 1. The van der Waals surface area contributed by atoms with Gasteiger partial charge in [0.15, 0.2) is 0 Å². The normalized spacial score (nSPS) is 10.4. The molecule has 7 nitrogen and oxygen atoms in total. The van der Waals surface area contributed by atoms with Gasteiger partial charge in [-0.15, -0.1) is 0 Å². The number of anilines is 1. The summed E-state index contributed by atoms with van der Waals surface area (Å²) in [6.07, 6.45) is 4.88. The van der Waals surface area contributed by atoms with Crippen LogP contribution in [-0.2, 0) is 13.6 Å². The molecule has 0 bridgehead atoms. The second kappa shape index (κ2) is 4.69. The second-order valence-corrected chi connectivity index (χ2v) is 3.63. The van der Waals surface area contributed by atoms with Crippen LogP contribution in [0.4, 0.5) is 5.69 Å². The summed E-state index contributed by atoms with van der Waals surface area (Å²) in [5.41, 5.74) is 6.67. The van der Waals surface area contributed by atoms with Crippen molar-refractivity contribution in [1.82, 2.24) is 24.9 Å². The number of aryl methyl sites for hydroxylation is 1. The molecule has 17 heavy (non-hydrogen) atoms. The van der Waals surface area contributed by atoms with Crippen molar-refractivity contribution in [2.75, 3.05) is 12.3 Å². The topological polar surface area (TPSA) is 90.8 Å². The maximum atomic E-state index is 11.7. The molecule has 0 aliphatic carbocycles. The fraction of sp³-hybridized carbons (Fsp3) is 0.300. The Hall–Kier alpha value is -2.31. The average Bonchev–Trinajstić information content (AvgIpc) is 2.87. The van der Waals surface area contributed by atoms with Crippen molar-refractivity contribution in [1.29, 1.82) is 0 Å². The second-order valence-electron chi connectivity index (χ2n) is 3.63. The number of carbonyl (C=O) groups is 1. The minimum atomic E-state index is -0.148. The van der Waals surface area contributed by atoms with E-state index in [-0.39, 0.29) is 5.91 Å². The number of carbonyl (C=O) groups excluding carboxylic acids is 1. The summed E-state index contributed by atoms with van der Waals surface area (Å²) in [4.78, 5) is 11.7. The monoisotopic (exact) mass is 234 g/mol. The smallest absolute Gasteiger partial charge is 0.269 e. The van der Waals surface area contributed by atoms with Gasteiger partial charge in [-0.05, 0) is 6.07 Å². The van der Waals surface area contributed by atoms with Gasteiger partial charge >= 0.3 is 0 Å². The minimum Gasteiger partial charge on any atom is -0.396 e. The molecule has 2 rings (SSSR count). The van der Waals surface area contributed by atoms with Crippen LogP contribution >= 0.6 is 0 Å². The van der Waals surface area contributed by atoms with Gasteiger partial charge in [0.25, 0.3) is 5.91 Å². The number of nitrogens with two attached hydrogens (primary N) is 1. The Labute approximate surface area is 98.2 Å². The molecular formula is C10H14N6O. The molecule has 2 aromatic heterocycles. The third-order valence-electron chi connectivity index (χ3n) is 2.33. The van der Waals surface area contributed by atoms with Crippen LogP contribution in [0.5, 0.6) is 0 Å². The molecule has 90 valence electrons. The molecule has 1 amide bonds. The summed E-state index contributed by atoms with van der Waals surface area (Å²) >= 11 is 0. The van der Waals surface area contributed by atoms with Gasteiger partial charge in [-0.25, -0.2) is 0 Å². The molecule has 2 aromatic rings. The lowest BCUT2D eigenvalue weighted by Gasteiger charge is -2.05. The molecule has 0 atom stereocenters. The first-order chi connectivity index (χ1) is 8.16. The Kier molecular flexibility index (Phi) is 3.08. The van der Waals surface area contributed by atoms with Crippen LogP contribution in [0.25, 0.3) is 0 Å². The molecule has 0 radical (unpaired) electrons. The van der Waals surface area contributed by atoms with Crippen molar-refractivity contribution >= 4 is 11.6 Å². The van der Waals surface area contributed by atoms with Crippen LogP contribution in [0.3, 0.4) is 0 Å². The van der Waals surface area contributed by atoms with Gasteiger partial charge in [0.05, 0.1) is 18.4 Å². The predicted octanol–water partition coefficient (Wildman–Crippen LogP) is -0.371. The molecule has 0 saturated heterocycles. The number of rotatable bonds is 4. The highest BCUT2D eigenvalue weighted by Gasteiger charge is 2.08. The van der Waals surface area contributed by atoms with E-state index in [1.807, 2.05) is 0 Å². The number of amides is 1. The highest BCUT2D eigenvalue weighted by Crippen LogP contribution is 1.98. The Morgan fingerprint density at radius 1 is 1.53 bits per heavy atom. The molecular weight excluding hydrogens is 220 g/mol. The van der Waals surface area contributed by atoms with Gasteiger partial charge in [0.1, 0.15) is 5.69 Å². The van der Waals surface area contributed by atoms with E-state index >= 15 is 0 Å². The number of nitrogens with one attached hydrogen (secondary N) is 1. The maximum Gasteiger partial charge on any atom is 0.269 e. The lowest BCUT2D eigenvalue weighted by molar-refractivity contribution is 0.0942. The van der Waals surface area contributed by atoms with E-state index in [2.05, 4.69) is 15.5 Å². The van der Waals surface area contributed by atoms with Crippen molar-refractivity contribution in [2.24, 2.45) is 7.05 Å². The number of hydrogen-bond donors (Lipinski definition) is 2. The SMILES string of the molecule is Cn1nccc1C(=O)NCCn1cc(N)cn1. The summed E-state index contributed by atoms with van der Waals surface area (Å²) in [7, 11) is 1.73. The van der Waals surface area contributed by atoms with Gasteiger partial charge in [0, 0.05) is 26.0 Å². The summed E-state index contributed by atoms with van der Waals surface area (Å²) in [6, 6.07) is 1.67. The van der Waals surface area contributed by atoms with Crippen molar-refractivity contribution < 1.29 is 4.79 Å². The van der Waals surface area contributed by atoms with Crippen LogP contribution in [-0.4, -0.2) is 32.0 Å². The molecule has 2 heterocycles. The first-order valence-electron chi connectivity index (χ1n) is 5.21. The van der Waals surface area contributed by atoms with Crippen molar-refractivity contribution in [3.05, 3.63) is 30.4 Å². The Morgan fingerprint density at radius 2 is 2.35 bits per heavy atom. The molecule has 0 aliphatic heterocycles. The number of aromatic nitrogens is 4. The van der Waals surface area contributed by atoms with E-state index in [0.717, 1.165) is 0 Å². The summed E-state index contributed by atoms with van der Waals surface area (Å²) in [6.45, 7) is 1.08. The zero-order valence-corrected chi connectivity index (χ0v) is 9.50. The van der Waals surface area contributed by atoms with Gasteiger partial charge in [-0.3, -0.25) is 14.2 Å². The largest absolute Gasteiger partial charge is 0.396 e. The van der Waals surface area contributed by atoms with Crippen molar-refractivity contribution in [3.8, 4) is 0 Å². The van der Waals surface area contributed by atoms with E-state index in [1.54, 1.807) is 36.4 Å². The van der Waals surface area contributed by atoms with Crippen LogP contribution in [0.1, 0.15) is 10.5 Å². The van der Waals surface area contributed by atoms with E-state index < -0.39 is 0 Å². The highest BCUT2D eigenvalue weighted by molar-refractivity contribution is 5.92. The number of nitrogens with zero attached hydrogens (tertiary/aromatic N) is 4. The molecule has 3 N–H and O–H groups in total. The quantitative estimate of drug-likeness (QED) is 0.755. The van der Waals surface area contributed by atoms with Crippen LogP contribution in [0.15, 0.2) is 24.7 Å². The van der Waals surface area contributed by atoms with Crippen molar-refractivity contribution in [2.45, 2.75) is 6.54 Å². The summed E-state index contributed by atoms with van der Waals surface area (Å²) in [5.74, 6) is -0.148. The minimum absolute atomic E-state index is 0.148. The van der Waals surface area contributed by atoms with Gasteiger partial charge in [-0.1, -0.05) is 0 Å².